The van der Waals surface area contributed by atoms with Crippen LogP contribution in [-0.2, 0) is 10.0 Å². The summed E-state index contributed by atoms with van der Waals surface area (Å²) in [6, 6.07) is 2.19. The molecule has 118 valence electrons. The second kappa shape index (κ2) is 6.08. The maximum atomic E-state index is 13.3. The number of sulfonamides is 1. The molecule has 21 heavy (non-hydrogen) atoms. The summed E-state index contributed by atoms with van der Waals surface area (Å²) in [6.07, 6.45) is 0.849. The van der Waals surface area contributed by atoms with E-state index in [2.05, 4.69) is 4.90 Å². The van der Waals surface area contributed by atoms with Gasteiger partial charge < -0.3 is 10.6 Å². The number of piperazine rings is 1. The lowest BCUT2D eigenvalue weighted by Crippen LogP contribution is -2.52. The van der Waals surface area contributed by atoms with Gasteiger partial charge in [0.25, 0.3) is 0 Å². The maximum Gasteiger partial charge on any atom is 0.244 e. The number of nitrogens with two attached hydrogens (primary N) is 1. The van der Waals surface area contributed by atoms with Crippen molar-refractivity contribution in [3.63, 3.8) is 0 Å². The van der Waals surface area contributed by atoms with Crippen LogP contribution >= 0.6 is 11.6 Å². The fourth-order valence-electron chi connectivity index (χ4n) is 2.46. The van der Waals surface area contributed by atoms with Crippen molar-refractivity contribution < 1.29 is 12.8 Å². The Hall–Kier alpha value is -0.890. The number of rotatable bonds is 3. The summed E-state index contributed by atoms with van der Waals surface area (Å²) in [5, 5.41) is -0.145. The van der Waals surface area contributed by atoms with E-state index in [1.54, 1.807) is 0 Å². The van der Waals surface area contributed by atoms with Crippen LogP contribution in [0.3, 0.4) is 0 Å². The standard InChI is InChI=1S/C13H19ClFN3O2S/c1-3-9-8-18(5-4-17(9)2)21(19,20)13-7-12(16)11(15)6-10(13)14/h6-7,9H,3-5,8,16H2,1-2H3. The summed E-state index contributed by atoms with van der Waals surface area (Å²) >= 11 is 5.89. The van der Waals surface area contributed by atoms with Crippen molar-refractivity contribution in [2.45, 2.75) is 24.3 Å². The monoisotopic (exact) mass is 335 g/mol. The van der Waals surface area contributed by atoms with Crippen molar-refractivity contribution >= 4 is 27.3 Å². The van der Waals surface area contributed by atoms with E-state index in [0.29, 0.717) is 19.6 Å². The summed E-state index contributed by atoms with van der Waals surface area (Å²) in [5.41, 5.74) is 5.24. The first kappa shape index (κ1) is 16.5. The Kier molecular flexibility index (Phi) is 4.77. The molecule has 1 aromatic carbocycles. The third kappa shape index (κ3) is 3.15. The van der Waals surface area contributed by atoms with Gasteiger partial charge in [-0.15, -0.1) is 0 Å². The third-order valence-corrected chi connectivity index (χ3v) is 6.21. The molecule has 1 aliphatic rings. The predicted molar refractivity (Wildman–Crippen MR) is 81.3 cm³/mol. The fourth-order valence-corrected chi connectivity index (χ4v) is 4.45. The minimum absolute atomic E-state index is 0.137. The molecule has 1 aromatic rings. The fraction of sp³-hybridized carbons (Fsp3) is 0.538. The predicted octanol–water partition coefficient (Wildman–Crippen LogP) is 1.78. The number of anilines is 1. The molecule has 0 radical (unpaired) electrons. The topological polar surface area (TPSA) is 66.6 Å². The van der Waals surface area contributed by atoms with Crippen molar-refractivity contribution in [1.82, 2.24) is 9.21 Å². The lowest BCUT2D eigenvalue weighted by atomic mass is 10.1. The summed E-state index contributed by atoms with van der Waals surface area (Å²) in [6.45, 7) is 3.43. The molecule has 0 aromatic heterocycles. The number of likely N-dealkylation sites (N-methyl/N-ethyl adjacent to an activating group) is 1. The first-order valence-corrected chi connectivity index (χ1v) is 8.54. The van der Waals surface area contributed by atoms with Crippen LogP contribution in [0.5, 0.6) is 0 Å². The van der Waals surface area contributed by atoms with E-state index in [0.717, 1.165) is 18.6 Å². The second-order valence-electron chi connectivity index (χ2n) is 5.21. The Morgan fingerprint density at radius 1 is 1.43 bits per heavy atom. The van der Waals surface area contributed by atoms with Crippen LogP contribution in [0.4, 0.5) is 10.1 Å². The Bertz CT molecular complexity index is 639. The highest BCUT2D eigenvalue weighted by Crippen LogP contribution is 2.30. The molecule has 0 bridgehead atoms. The van der Waals surface area contributed by atoms with Crippen molar-refractivity contribution in [3.05, 3.63) is 23.0 Å². The highest BCUT2D eigenvalue weighted by atomic mass is 35.5. The van der Waals surface area contributed by atoms with E-state index < -0.39 is 15.8 Å². The quantitative estimate of drug-likeness (QED) is 0.855. The molecule has 1 aliphatic heterocycles. The Morgan fingerprint density at radius 2 is 2.10 bits per heavy atom. The van der Waals surface area contributed by atoms with Gasteiger partial charge in [-0.3, -0.25) is 0 Å². The number of benzene rings is 1. The van der Waals surface area contributed by atoms with Crippen molar-refractivity contribution in [2.75, 3.05) is 32.4 Å². The highest BCUT2D eigenvalue weighted by Gasteiger charge is 2.33. The summed E-state index contributed by atoms with van der Waals surface area (Å²) < 4.78 is 40.1. The zero-order valence-corrected chi connectivity index (χ0v) is 13.6. The number of nitrogen functional groups attached to an aromatic ring is 1. The molecule has 1 unspecified atom stereocenters. The van der Waals surface area contributed by atoms with Gasteiger partial charge in [0.2, 0.25) is 10.0 Å². The lowest BCUT2D eigenvalue weighted by Gasteiger charge is -2.38. The van der Waals surface area contributed by atoms with Crippen molar-refractivity contribution in [3.8, 4) is 0 Å². The van der Waals surface area contributed by atoms with E-state index in [9.17, 15) is 12.8 Å². The molecule has 8 heteroatoms. The number of hydrogen-bond donors (Lipinski definition) is 1. The molecule has 1 saturated heterocycles. The normalized spacial score (nSPS) is 21.6. The SMILES string of the molecule is CCC1CN(S(=O)(=O)c2cc(N)c(F)cc2Cl)CCN1C. The van der Waals surface area contributed by atoms with Crippen LogP contribution < -0.4 is 5.73 Å². The van der Waals surface area contributed by atoms with Gasteiger partial charge in [0.15, 0.2) is 0 Å². The third-order valence-electron chi connectivity index (χ3n) is 3.88. The molecule has 5 nitrogen and oxygen atoms in total. The smallest absolute Gasteiger partial charge is 0.244 e. The lowest BCUT2D eigenvalue weighted by molar-refractivity contribution is 0.144. The van der Waals surface area contributed by atoms with Gasteiger partial charge in [0.1, 0.15) is 10.7 Å². The summed E-state index contributed by atoms with van der Waals surface area (Å²) in [4.78, 5) is 1.99. The number of nitrogens with zero attached hydrogens (tertiary/aromatic N) is 2. The average molecular weight is 336 g/mol. The van der Waals surface area contributed by atoms with Gasteiger partial charge in [-0.25, -0.2) is 12.8 Å². The van der Waals surface area contributed by atoms with Crippen LogP contribution in [0.1, 0.15) is 13.3 Å². The minimum atomic E-state index is -3.77. The molecule has 2 N–H and O–H groups in total. The Morgan fingerprint density at radius 3 is 2.71 bits per heavy atom. The molecule has 0 spiro atoms. The van der Waals surface area contributed by atoms with Crippen LogP contribution in [0, 0.1) is 5.82 Å². The zero-order valence-electron chi connectivity index (χ0n) is 12.0. The molecular formula is C13H19ClFN3O2S. The van der Waals surface area contributed by atoms with Crippen molar-refractivity contribution in [2.24, 2.45) is 0 Å². The molecule has 0 amide bonds. The summed E-state index contributed by atoms with van der Waals surface area (Å²) in [5.74, 6) is -0.719. The molecule has 1 heterocycles. The molecule has 1 fully saturated rings. The molecule has 2 rings (SSSR count). The molecule has 1 atom stereocenters. The highest BCUT2D eigenvalue weighted by molar-refractivity contribution is 7.89. The number of halogens is 2. The van der Waals surface area contributed by atoms with Gasteiger partial charge in [0, 0.05) is 25.7 Å². The zero-order chi connectivity index (χ0) is 15.8. The van der Waals surface area contributed by atoms with Crippen LogP contribution in [0.2, 0.25) is 5.02 Å². The first-order valence-electron chi connectivity index (χ1n) is 6.72. The van der Waals surface area contributed by atoms with Crippen LogP contribution in [0.15, 0.2) is 17.0 Å². The van der Waals surface area contributed by atoms with Gasteiger partial charge >= 0.3 is 0 Å². The van der Waals surface area contributed by atoms with E-state index in [1.807, 2.05) is 14.0 Å². The van der Waals surface area contributed by atoms with Crippen molar-refractivity contribution in [1.29, 1.82) is 0 Å². The van der Waals surface area contributed by atoms with Gasteiger partial charge in [-0.2, -0.15) is 4.31 Å². The van der Waals surface area contributed by atoms with E-state index in [-0.39, 0.29) is 21.6 Å². The largest absolute Gasteiger partial charge is 0.396 e. The number of hydrogen-bond acceptors (Lipinski definition) is 4. The maximum absolute atomic E-state index is 13.3. The molecule has 0 aliphatic carbocycles. The van der Waals surface area contributed by atoms with E-state index in [4.69, 9.17) is 17.3 Å². The van der Waals surface area contributed by atoms with Gasteiger partial charge in [-0.1, -0.05) is 18.5 Å². The van der Waals surface area contributed by atoms with E-state index >= 15 is 0 Å². The molecule has 0 saturated carbocycles. The Balaban J connectivity index is 2.37. The minimum Gasteiger partial charge on any atom is -0.396 e. The van der Waals surface area contributed by atoms with Gasteiger partial charge in [0.05, 0.1) is 10.7 Å². The molecular weight excluding hydrogens is 317 g/mol. The first-order chi connectivity index (χ1) is 9.77. The summed E-state index contributed by atoms with van der Waals surface area (Å²) in [7, 11) is -1.80. The Labute approximate surface area is 129 Å². The van der Waals surface area contributed by atoms with Crippen LogP contribution in [0.25, 0.3) is 0 Å². The van der Waals surface area contributed by atoms with Crippen LogP contribution in [-0.4, -0.2) is 50.3 Å². The average Bonchev–Trinajstić information content (AvgIpc) is 2.43. The van der Waals surface area contributed by atoms with E-state index in [1.165, 1.54) is 4.31 Å². The van der Waals surface area contributed by atoms with Gasteiger partial charge in [-0.05, 0) is 25.6 Å². The second-order valence-corrected chi connectivity index (χ2v) is 7.52.